The maximum Gasteiger partial charge on any atom is 0.257 e. The van der Waals surface area contributed by atoms with Crippen LogP contribution in [0.3, 0.4) is 0 Å². The van der Waals surface area contributed by atoms with Gasteiger partial charge in [-0.25, -0.2) is 0 Å². The summed E-state index contributed by atoms with van der Waals surface area (Å²) >= 11 is 19.0. The Hall–Kier alpha value is -0.890. The number of rotatable bonds is 2. The van der Waals surface area contributed by atoms with E-state index in [1.165, 1.54) is 0 Å². The third kappa shape index (κ3) is 5.10. The van der Waals surface area contributed by atoms with Gasteiger partial charge in [0.05, 0.1) is 0 Å². The van der Waals surface area contributed by atoms with Crippen LogP contribution >= 0.6 is 58.0 Å². The van der Waals surface area contributed by atoms with E-state index in [1.54, 1.807) is 30.3 Å². The molecule has 0 saturated carbocycles. The van der Waals surface area contributed by atoms with Gasteiger partial charge in [-0.2, -0.15) is 0 Å². The van der Waals surface area contributed by atoms with E-state index in [2.05, 4.69) is 33.2 Å². The summed E-state index contributed by atoms with van der Waals surface area (Å²) in [6.45, 7) is 0. The van der Waals surface area contributed by atoms with Crippen LogP contribution < -0.4 is 10.6 Å². The number of carbonyl (C=O) groups is 1. The van der Waals surface area contributed by atoms with Gasteiger partial charge in [-0.05, 0) is 71.2 Å². The Morgan fingerprint density at radius 2 is 1.76 bits per heavy atom. The Morgan fingerprint density at radius 3 is 2.38 bits per heavy atom. The first-order chi connectivity index (χ1) is 9.94. The molecule has 21 heavy (non-hydrogen) atoms. The van der Waals surface area contributed by atoms with E-state index in [0.29, 0.717) is 21.3 Å². The fourth-order valence-electron chi connectivity index (χ4n) is 1.59. The van der Waals surface area contributed by atoms with Gasteiger partial charge in [-0.1, -0.05) is 29.3 Å². The largest absolute Gasteiger partial charge is 0.332 e. The third-order valence-corrected chi connectivity index (χ3v) is 3.75. The van der Waals surface area contributed by atoms with Crippen molar-refractivity contribution in [3.63, 3.8) is 0 Å². The average Bonchev–Trinajstić information content (AvgIpc) is 2.37. The molecule has 1 amide bonds. The number of hydrogen-bond donors (Lipinski definition) is 2. The topological polar surface area (TPSA) is 41.1 Å². The van der Waals surface area contributed by atoms with Crippen LogP contribution in [-0.4, -0.2) is 11.0 Å². The number of anilines is 1. The van der Waals surface area contributed by atoms with Crippen molar-refractivity contribution in [1.29, 1.82) is 0 Å². The number of carbonyl (C=O) groups excluding carboxylic acids is 1. The first-order valence-electron chi connectivity index (χ1n) is 5.78. The standard InChI is InChI=1S/C14H9Cl2IN2OS/c15-9-5-10(16)7-12(6-9)18-14(21)19-13(20)8-2-1-3-11(17)4-8/h1-7H,(H2,18,19,20,21). The molecule has 0 unspecified atom stereocenters. The summed E-state index contributed by atoms with van der Waals surface area (Å²) < 4.78 is 0.973. The van der Waals surface area contributed by atoms with E-state index in [-0.39, 0.29) is 11.0 Å². The fourth-order valence-corrected chi connectivity index (χ4v) is 2.87. The molecule has 0 heterocycles. The molecule has 0 bridgehead atoms. The van der Waals surface area contributed by atoms with Gasteiger partial charge in [0, 0.05) is 24.9 Å². The summed E-state index contributed by atoms with van der Waals surface area (Å²) in [6.07, 6.45) is 0. The van der Waals surface area contributed by atoms with Gasteiger partial charge in [0.1, 0.15) is 0 Å². The van der Waals surface area contributed by atoms with Gasteiger partial charge in [0.25, 0.3) is 5.91 Å². The van der Waals surface area contributed by atoms with Gasteiger partial charge in [0.2, 0.25) is 0 Å². The maximum atomic E-state index is 12.0. The van der Waals surface area contributed by atoms with E-state index in [4.69, 9.17) is 35.4 Å². The lowest BCUT2D eigenvalue weighted by Gasteiger charge is -2.10. The highest BCUT2D eigenvalue weighted by Crippen LogP contribution is 2.22. The van der Waals surface area contributed by atoms with Crippen molar-refractivity contribution in [1.82, 2.24) is 5.32 Å². The van der Waals surface area contributed by atoms with Crippen molar-refractivity contribution in [2.75, 3.05) is 5.32 Å². The van der Waals surface area contributed by atoms with Crippen molar-refractivity contribution in [3.05, 3.63) is 61.6 Å². The van der Waals surface area contributed by atoms with Gasteiger partial charge >= 0.3 is 0 Å². The molecular weight excluding hydrogens is 442 g/mol. The van der Waals surface area contributed by atoms with Crippen LogP contribution in [0.4, 0.5) is 5.69 Å². The minimum Gasteiger partial charge on any atom is -0.332 e. The predicted octanol–water partition coefficient (Wildman–Crippen LogP) is 4.72. The summed E-state index contributed by atoms with van der Waals surface area (Å²) in [5, 5.41) is 6.61. The number of thiocarbonyl (C=S) groups is 1. The molecule has 108 valence electrons. The highest BCUT2D eigenvalue weighted by Gasteiger charge is 2.08. The van der Waals surface area contributed by atoms with Gasteiger partial charge < -0.3 is 5.32 Å². The quantitative estimate of drug-likeness (QED) is 0.513. The molecule has 0 aromatic heterocycles. The molecule has 2 rings (SSSR count). The number of hydrogen-bond acceptors (Lipinski definition) is 2. The predicted molar refractivity (Wildman–Crippen MR) is 99.3 cm³/mol. The normalized spacial score (nSPS) is 10.0. The van der Waals surface area contributed by atoms with Crippen LogP contribution in [0, 0.1) is 3.57 Å². The first-order valence-corrected chi connectivity index (χ1v) is 8.02. The zero-order chi connectivity index (χ0) is 15.4. The molecule has 0 aliphatic rings. The number of amides is 1. The average molecular weight is 451 g/mol. The van der Waals surface area contributed by atoms with Gasteiger partial charge in [0.15, 0.2) is 5.11 Å². The molecule has 0 spiro atoms. The van der Waals surface area contributed by atoms with Crippen LogP contribution in [0.5, 0.6) is 0 Å². The zero-order valence-electron chi connectivity index (χ0n) is 10.5. The van der Waals surface area contributed by atoms with Crippen LogP contribution in [0.2, 0.25) is 10.0 Å². The number of benzene rings is 2. The highest BCUT2D eigenvalue weighted by molar-refractivity contribution is 14.1. The van der Waals surface area contributed by atoms with Crippen LogP contribution in [0.15, 0.2) is 42.5 Å². The minimum absolute atomic E-state index is 0.178. The number of nitrogens with one attached hydrogen (secondary N) is 2. The molecule has 0 aliphatic heterocycles. The van der Waals surface area contributed by atoms with E-state index in [9.17, 15) is 4.79 Å². The van der Waals surface area contributed by atoms with Gasteiger partial charge in [-0.15, -0.1) is 0 Å². The molecular formula is C14H9Cl2IN2OS. The van der Waals surface area contributed by atoms with Crippen molar-refractivity contribution in [3.8, 4) is 0 Å². The summed E-state index contributed by atoms with van der Waals surface area (Å²) in [5.74, 6) is -0.279. The summed E-state index contributed by atoms with van der Waals surface area (Å²) in [6, 6.07) is 12.1. The fraction of sp³-hybridized carbons (Fsp3) is 0. The third-order valence-electron chi connectivity index (χ3n) is 2.43. The molecule has 0 fully saturated rings. The van der Waals surface area contributed by atoms with Crippen molar-refractivity contribution in [2.24, 2.45) is 0 Å². The van der Waals surface area contributed by atoms with Crippen molar-refractivity contribution >= 4 is 74.7 Å². The highest BCUT2D eigenvalue weighted by atomic mass is 127. The molecule has 3 nitrogen and oxygen atoms in total. The van der Waals surface area contributed by atoms with Crippen molar-refractivity contribution < 1.29 is 4.79 Å². The molecule has 2 aromatic carbocycles. The van der Waals surface area contributed by atoms with Gasteiger partial charge in [-0.3, -0.25) is 10.1 Å². The molecule has 0 aliphatic carbocycles. The molecule has 2 aromatic rings. The summed E-state index contributed by atoms with van der Waals surface area (Å²) in [4.78, 5) is 12.0. The summed E-state index contributed by atoms with van der Waals surface area (Å²) in [7, 11) is 0. The Morgan fingerprint density at radius 1 is 1.10 bits per heavy atom. The molecule has 0 saturated heterocycles. The first kappa shape index (κ1) is 16.5. The van der Waals surface area contributed by atoms with Crippen molar-refractivity contribution in [2.45, 2.75) is 0 Å². The second-order valence-corrected chi connectivity index (χ2v) is 6.60. The molecule has 0 atom stereocenters. The molecule has 2 N–H and O–H groups in total. The van der Waals surface area contributed by atoms with E-state index < -0.39 is 0 Å². The minimum atomic E-state index is -0.279. The van der Waals surface area contributed by atoms with Crippen LogP contribution in [0.1, 0.15) is 10.4 Å². The lowest BCUT2D eigenvalue weighted by Crippen LogP contribution is -2.34. The molecule has 7 heteroatoms. The van der Waals surface area contributed by atoms with Crippen LogP contribution in [0.25, 0.3) is 0 Å². The Balaban J connectivity index is 2.03. The second-order valence-electron chi connectivity index (χ2n) is 4.08. The maximum absolute atomic E-state index is 12.0. The Kier molecular flexibility index (Phi) is 5.80. The summed E-state index contributed by atoms with van der Waals surface area (Å²) in [5.41, 5.74) is 1.15. The SMILES string of the molecule is O=C(NC(=S)Nc1cc(Cl)cc(Cl)c1)c1cccc(I)c1. The zero-order valence-corrected chi connectivity index (χ0v) is 15.0. The Bertz CT molecular complexity index is 689. The smallest absolute Gasteiger partial charge is 0.257 e. The second kappa shape index (κ2) is 7.40. The van der Waals surface area contributed by atoms with E-state index >= 15 is 0 Å². The monoisotopic (exact) mass is 450 g/mol. The Labute approximate surface area is 151 Å². The van der Waals surface area contributed by atoms with Crippen LogP contribution in [-0.2, 0) is 0 Å². The lowest BCUT2D eigenvalue weighted by atomic mass is 10.2. The lowest BCUT2D eigenvalue weighted by molar-refractivity contribution is 0.0977. The van der Waals surface area contributed by atoms with E-state index in [0.717, 1.165) is 3.57 Å². The molecule has 0 radical (unpaired) electrons. The van der Waals surface area contributed by atoms with E-state index in [1.807, 2.05) is 12.1 Å². The number of halogens is 3.